The smallest absolute Gasteiger partial charge is 0.263 e. The van der Waals surface area contributed by atoms with Crippen LogP contribution in [0.5, 0.6) is 0 Å². The standard InChI is InChI=1S/C22H18Cl2N2O3S/c23-17-8-4-5-9-19(17)26-30(28,29)20-14-16(10-11-18(20)24)25-21(27)22(12-13-22)15-6-2-1-3-7-15/h1-11,14,26H,12-13H2,(H,25,27). The molecule has 0 unspecified atom stereocenters. The number of benzene rings is 3. The van der Waals surface area contributed by atoms with Crippen molar-refractivity contribution in [2.75, 3.05) is 10.0 Å². The van der Waals surface area contributed by atoms with Gasteiger partial charge in [-0.05, 0) is 48.7 Å². The highest BCUT2D eigenvalue weighted by Gasteiger charge is 2.51. The molecule has 0 heterocycles. The van der Waals surface area contributed by atoms with Gasteiger partial charge in [-0.25, -0.2) is 8.42 Å². The van der Waals surface area contributed by atoms with Crippen LogP contribution in [-0.2, 0) is 20.2 Å². The molecular formula is C22H18Cl2N2O3S. The van der Waals surface area contributed by atoms with Gasteiger partial charge in [0.2, 0.25) is 5.91 Å². The summed E-state index contributed by atoms with van der Waals surface area (Å²) in [6.07, 6.45) is 1.49. The fourth-order valence-corrected chi connectivity index (χ4v) is 5.16. The molecule has 0 saturated heterocycles. The highest BCUT2D eigenvalue weighted by atomic mass is 35.5. The topological polar surface area (TPSA) is 75.3 Å². The molecule has 8 heteroatoms. The summed E-state index contributed by atoms with van der Waals surface area (Å²) in [4.78, 5) is 12.8. The molecule has 1 aliphatic rings. The number of amides is 1. The van der Waals surface area contributed by atoms with Crippen molar-refractivity contribution in [3.05, 3.63) is 88.4 Å². The third kappa shape index (κ3) is 4.03. The summed E-state index contributed by atoms with van der Waals surface area (Å²) in [5.74, 6) is -0.168. The second-order valence-electron chi connectivity index (χ2n) is 7.13. The Balaban J connectivity index is 1.59. The van der Waals surface area contributed by atoms with Crippen LogP contribution in [0.15, 0.2) is 77.7 Å². The number of nitrogens with one attached hydrogen (secondary N) is 2. The zero-order valence-electron chi connectivity index (χ0n) is 15.7. The molecule has 4 rings (SSSR count). The van der Waals surface area contributed by atoms with Gasteiger partial charge in [-0.1, -0.05) is 65.7 Å². The molecule has 1 aliphatic carbocycles. The molecule has 0 aliphatic heterocycles. The lowest BCUT2D eigenvalue weighted by Gasteiger charge is -2.17. The predicted molar refractivity (Wildman–Crippen MR) is 120 cm³/mol. The predicted octanol–water partition coefficient (Wildman–Crippen LogP) is 5.46. The molecule has 0 radical (unpaired) electrons. The Morgan fingerprint density at radius 2 is 1.53 bits per heavy atom. The Bertz CT molecular complexity index is 1210. The van der Waals surface area contributed by atoms with Crippen LogP contribution in [0.25, 0.3) is 0 Å². The Labute approximate surface area is 185 Å². The second-order valence-corrected chi connectivity index (χ2v) is 9.60. The maximum absolute atomic E-state index is 13.0. The first kappa shape index (κ1) is 20.7. The van der Waals surface area contributed by atoms with Crippen molar-refractivity contribution in [3.63, 3.8) is 0 Å². The van der Waals surface area contributed by atoms with E-state index in [4.69, 9.17) is 23.2 Å². The van der Waals surface area contributed by atoms with Crippen molar-refractivity contribution in [2.45, 2.75) is 23.2 Å². The monoisotopic (exact) mass is 460 g/mol. The fourth-order valence-electron chi connectivity index (χ4n) is 3.31. The van der Waals surface area contributed by atoms with E-state index in [1.165, 1.54) is 12.1 Å². The minimum absolute atomic E-state index is 0.0387. The number of anilines is 2. The summed E-state index contributed by atoms with van der Waals surface area (Å²) in [6.45, 7) is 0. The van der Waals surface area contributed by atoms with Gasteiger partial charge in [-0.2, -0.15) is 0 Å². The zero-order valence-corrected chi connectivity index (χ0v) is 18.1. The third-order valence-corrected chi connectivity index (χ3v) is 7.28. The van der Waals surface area contributed by atoms with E-state index >= 15 is 0 Å². The van der Waals surface area contributed by atoms with E-state index < -0.39 is 15.4 Å². The molecule has 0 atom stereocenters. The van der Waals surface area contributed by atoms with E-state index in [-0.39, 0.29) is 26.5 Å². The van der Waals surface area contributed by atoms with Crippen LogP contribution >= 0.6 is 23.2 Å². The van der Waals surface area contributed by atoms with Crippen molar-refractivity contribution in [1.82, 2.24) is 0 Å². The largest absolute Gasteiger partial charge is 0.325 e. The summed E-state index contributed by atoms with van der Waals surface area (Å²) in [5, 5.41) is 3.14. The van der Waals surface area contributed by atoms with Crippen LogP contribution in [0.4, 0.5) is 11.4 Å². The summed E-state index contributed by atoms with van der Waals surface area (Å²) in [5.41, 5.74) is 0.969. The molecule has 2 N–H and O–H groups in total. The molecule has 1 fully saturated rings. The van der Waals surface area contributed by atoms with Crippen LogP contribution in [0.3, 0.4) is 0 Å². The molecule has 0 bridgehead atoms. The lowest BCUT2D eigenvalue weighted by atomic mass is 9.95. The Hall–Kier alpha value is -2.54. The first-order valence-electron chi connectivity index (χ1n) is 9.26. The van der Waals surface area contributed by atoms with Crippen LogP contribution in [0.1, 0.15) is 18.4 Å². The summed E-state index contributed by atoms with van der Waals surface area (Å²) in [7, 11) is -4.01. The van der Waals surface area contributed by atoms with E-state index in [0.717, 1.165) is 18.4 Å². The molecule has 0 spiro atoms. The number of halogens is 2. The Kier molecular flexibility index (Phi) is 5.49. The summed E-state index contributed by atoms with van der Waals surface area (Å²) >= 11 is 12.2. The van der Waals surface area contributed by atoms with Crippen molar-refractivity contribution >= 4 is 50.5 Å². The quantitative estimate of drug-likeness (QED) is 0.512. The van der Waals surface area contributed by atoms with Crippen LogP contribution in [0.2, 0.25) is 10.0 Å². The molecule has 1 amide bonds. The van der Waals surface area contributed by atoms with Gasteiger partial charge < -0.3 is 5.32 Å². The number of hydrogen-bond acceptors (Lipinski definition) is 3. The van der Waals surface area contributed by atoms with E-state index in [1.807, 2.05) is 30.3 Å². The van der Waals surface area contributed by atoms with Crippen molar-refractivity contribution in [2.24, 2.45) is 0 Å². The minimum Gasteiger partial charge on any atom is -0.325 e. The molecule has 154 valence electrons. The minimum atomic E-state index is -4.01. The zero-order chi connectivity index (χ0) is 21.4. The van der Waals surface area contributed by atoms with Gasteiger partial charge in [-0.15, -0.1) is 0 Å². The van der Waals surface area contributed by atoms with Gasteiger partial charge in [0.25, 0.3) is 10.0 Å². The number of carbonyl (C=O) groups is 1. The second kappa shape index (κ2) is 7.95. The van der Waals surface area contributed by atoms with Gasteiger partial charge in [0, 0.05) is 5.69 Å². The first-order chi connectivity index (χ1) is 14.3. The number of hydrogen-bond donors (Lipinski definition) is 2. The molecule has 3 aromatic rings. The number of carbonyl (C=O) groups excluding carboxylic acids is 1. The third-order valence-electron chi connectivity index (χ3n) is 5.11. The van der Waals surface area contributed by atoms with E-state index in [1.54, 1.807) is 30.3 Å². The maximum atomic E-state index is 13.0. The number of rotatable bonds is 6. The van der Waals surface area contributed by atoms with Gasteiger partial charge >= 0.3 is 0 Å². The highest BCUT2D eigenvalue weighted by molar-refractivity contribution is 7.92. The van der Waals surface area contributed by atoms with E-state index in [9.17, 15) is 13.2 Å². The maximum Gasteiger partial charge on any atom is 0.263 e. The molecule has 3 aromatic carbocycles. The average Bonchev–Trinajstić information content (AvgIpc) is 3.54. The SMILES string of the molecule is O=C(Nc1ccc(Cl)c(S(=O)(=O)Nc2ccccc2Cl)c1)C1(c2ccccc2)CC1. The van der Waals surface area contributed by atoms with Crippen molar-refractivity contribution < 1.29 is 13.2 Å². The lowest BCUT2D eigenvalue weighted by molar-refractivity contribution is -0.118. The van der Waals surface area contributed by atoms with Gasteiger partial charge in [0.05, 0.1) is 21.1 Å². The van der Waals surface area contributed by atoms with Crippen LogP contribution in [-0.4, -0.2) is 14.3 Å². The number of para-hydroxylation sites is 1. The summed E-state index contributed by atoms with van der Waals surface area (Å²) in [6, 6.07) is 20.4. The van der Waals surface area contributed by atoms with E-state index in [0.29, 0.717) is 5.69 Å². The first-order valence-corrected chi connectivity index (χ1v) is 11.5. The molecular weight excluding hydrogens is 443 g/mol. The van der Waals surface area contributed by atoms with Gasteiger partial charge in [0.1, 0.15) is 4.90 Å². The molecule has 30 heavy (non-hydrogen) atoms. The van der Waals surface area contributed by atoms with Gasteiger partial charge in [0.15, 0.2) is 0 Å². The normalized spacial score (nSPS) is 14.7. The van der Waals surface area contributed by atoms with Crippen molar-refractivity contribution in [1.29, 1.82) is 0 Å². The van der Waals surface area contributed by atoms with Crippen LogP contribution in [0, 0.1) is 0 Å². The lowest BCUT2D eigenvalue weighted by Crippen LogP contribution is -2.27. The molecule has 1 saturated carbocycles. The molecule has 0 aromatic heterocycles. The van der Waals surface area contributed by atoms with Crippen molar-refractivity contribution in [3.8, 4) is 0 Å². The van der Waals surface area contributed by atoms with E-state index in [2.05, 4.69) is 10.0 Å². The highest BCUT2D eigenvalue weighted by Crippen LogP contribution is 2.49. The van der Waals surface area contributed by atoms with Crippen LogP contribution < -0.4 is 10.0 Å². The summed E-state index contributed by atoms with van der Waals surface area (Å²) < 4.78 is 28.2. The Morgan fingerprint density at radius 3 is 2.20 bits per heavy atom. The fraction of sp³-hybridized carbons (Fsp3) is 0.136. The van der Waals surface area contributed by atoms with Gasteiger partial charge in [-0.3, -0.25) is 9.52 Å². The Morgan fingerprint density at radius 1 is 0.867 bits per heavy atom. The average molecular weight is 461 g/mol. The number of sulfonamides is 1. The molecule has 5 nitrogen and oxygen atoms in total.